The summed E-state index contributed by atoms with van der Waals surface area (Å²) in [6.45, 7) is 0. The van der Waals surface area contributed by atoms with Gasteiger partial charge in [-0.2, -0.15) is 5.26 Å². The molecule has 1 nitrogen and oxygen atoms in total. The Bertz CT molecular complexity index is 525. The van der Waals surface area contributed by atoms with Crippen molar-refractivity contribution in [1.29, 1.82) is 5.26 Å². The lowest BCUT2D eigenvalue weighted by atomic mass is 10.2. The molecule has 0 radical (unpaired) electrons. The van der Waals surface area contributed by atoms with Crippen LogP contribution in [0.25, 0.3) is 10.1 Å². The zero-order valence-corrected chi connectivity index (χ0v) is 9.59. The number of nitriles is 1. The normalized spacial score (nSPS) is 10.4. The maximum Gasteiger partial charge on any atom is 0.0717 e. The van der Waals surface area contributed by atoms with Crippen LogP contribution >= 0.6 is 35.6 Å². The summed E-state index contributed by atoms with van der Waals surface area (Å²) in [5.74, 6) is 0. The lowest BCUT2D eigenvalue weighted by Gasteiger charge is -1.96. The molecule has 0 aliphatic carbocycles. The average molecular weight is 240 g/mol. The molecule has 70 valence electrons. The Labute approximate surface area is 96.3 Å². The maximum atomic E-state index is 8.58. The van der Waals surface area contributed by atoms with Gasteiger partial charge in [-0.1, -0.05) is 17.7 Å². The van der Waals surface area contributed by atoms with Crippen LogP contribution < -0.4 is 0 Å². The van der Waals surface area contributed by atoms with Gasteiger partial charge in [0.05, 0.1) is 22.2 Å². The first kappa shape index (κ1) is 9.85. The Morgan fingerprint density at radius 1 is 1.50 bits per heavy atom. The third-order valence-corrected chi connectivity index (χ3v) is 4.09. The number of rotatable bonds is 1. The maximum absolute atomic E-state index is 8.58. The highest BCUT2D eigenvalue weighted by Gasteiger charge is 2.07. The Morgan fingerprint density at radius 2 is 2.29 bits per heavy atom. The third kappa shape index (κ3) is 1.61. The van der Waals surface area contributed by atoms with Crippen LogP contribution in [0.2, 0.25) is 5.02 Å². The second kappa shape index (κ2) is 3.82. The van der Waals surface area contributed by atoms with Gasteiger partial charge in [0.15, 0.2) is 0 Å². The van der Waals surface area contributed by atoms with E-state index in [0.29, 0.717) is 11.4 Å². The van der Waals surface area contributed by atoms with E-state index in [4.69, 9.17) is 16.9 Å². The molecule has 0 amide bonds. The summed E-state index contributed by atoms with van der Waals surface area (Å²) in [5.41, 5.74) is 0. The predicted molar refractivity (Wildman–Crippen MR) is 63.4 cm³/mol. The molecule has 0 bridgehead atoms. The van der Waals surface area contributed by atoms with Crippen molar-refractivity contribution >= 4 is 45.7 Å². The number of thiophene rings is 1. The van der Waals surface area contributed by atoms with Gasteiger partial charge in [0.2, 0.25) is 0 Å². The minimum Gasteiger partial charge on any atom is -0.198 e. The fraction of sp³-hybridized carbons (Fsp3) is 0.100. The molecule has 0 aliphatic rings. The monoisotopic (exact) mass is 239 g/mol. The van der Waals surface area contributed by atoms with E-state index in [-0.39, 0.29) is 0 Å². The standard InChI is InChI=1S/C10H6ClNS2/c11-9-8(13)2-1-6-5-7(3-4-12)14-10(6)9/h1-2,5,13H,3H2. The molecule has 2 rings (SSSR count). The molecular formula is C10H6ClNS2. The second-order valence-electron chi connectivity index (χ2n) is 2.86. The summed E-state index contributed by atoms with van der Waals surface area (Å²) in [6.07, 6.45) is 0.442. The van der Waals surface area contributed by atoms with Crippen LogP contribution in [0, 0.1) is 11.3 Å². The van der Waals surface area contributed by atoms with Crippen LogP contribution in [0.1, 0.15) is 4.88 Å². The molecule has 0 fully saturated rings. The van der Waals surface area contributed by atoms with Crippen LogP contribution in [0.15, 0.2) is 23.1 Å². The Morgan fingerprint density at radius 3 is 3.00 bits per heavy atom. The Hall–Kier alpha value is -0.690. The van der Waals surface area contributed by atoms with Gasteiger partial charge in [-0.3, -0.25) is 0 Å². The van der Waals surface area contributed by atoms with Crippen molar-refractivity contribution in [2.45, 2.75) is 11.3 Å². The molecule has 0 N–H and O–H groups in total. The largest absolute Gasteiger partial charge is 0.198 e. The molecule has 2 aromatic rings. The van der Waals surface area contributed by atoms with Crippen LogP contribution in [-0.4, -0.2) is 0 Å². The highest BCUT2D eigenvalue weighted by molar-refractivity contribution is 7.80. The molecule has 4 heteroatoms. The summed E-state index contributed by atoms with van der Waals surface area (Å²) in [6, 6.07) is 7.97. The van der Waals surface area contributed by atoms with E-state index in [2.05, 4.69) is 18.7 Å². The lowest BCUT2D eigenvalue weighted by molar-refractivity contribution is 1.32. The topological polar surface area (TPSA) is 23.8 Å². The molecule has 0 aliphatic heterocycles. The zero-order chi connectivity index (χ0) is 10.1. The van der Waals surface area contributed by atoms with Gasteiger partial charge < -0.3 is 0 Å². The van der Waals surface area contributed by atoms with E-state index in [9.17, 15) is 0 Å². The fourth-order valence-corrected chi connectivity index (χ4v) is 2.86. The van der Waals surface area contributed by atoms with E-state index in [0.717, 1.165) is 19.9 Å². The Balaban J connectivity index is 2.66. The SMILES string of the molecule is N#CCc1cc2ccc(S)c(Cl)c2s1. The van der Waals surface area contributed by atoms with Gasteiger partial charge in [-0.05, 0) is 17.5 Å². The molecule has 0 saturated carbocycles. The van der Waals surface area contributed by atoms with Gasteiger partial charge in [0.25, 0.3) is 0 Å². The van der Waals surface area contributed by atoms with Crippen LogP contribution in [0.3, 0.4) is 0 Å². The van der Waals surface area contributed by atoms with Crippen LogP contribution in [-0.2, 0) is 6.42 Å². The lowest BCUT2D eigenvalue weighted by Crippen LogP contribution is -1.69. The number of benzene rings is 1. The number of halogens is 1. The number of thiol groups is 1. The number of hydrogen-bond donors (Lipinski definition) is 1. The summed E-state index contributed by atoms with van der Waals surface area (Å²) >= 11 is 11.9. The van der Waals surface area contributed by atoms with Gasteiger partial charge in [0, 0.05) is 9.77 Å². The number of hydrogen-bond acceptors (Lipinski definition) is 3. The summed E-state index contributed by atoms with van der Waals surface area (Å²) < 4.78 is 1.02. The van der Waals surface area contributed by atoms with Crippen molar-refractivity contribution in [2.75, 3.05) is 0 Å². The predicted octanol–water partition coefficient (Wildman–Crippen LogP) is 3.91. The average Bonchev–Trinajstić information content (AvgIpc) is 2.56. The minimum atomic E-state index is 0.442. The van der Waals surface area contributed by atoms with Gasteiger partial charge >= 0.3 is 0 Å². The molecule has 1 heterocycles. The quantitative estimate of drug-likeness (QED) is 0.750. The van der Waals surface area contributed by atoms with E-state index < -0.39 is 0 Å². The van der Waals surface area contributed by atoms with E-state index >= 15 is 0 Å². The van der Waals surface area contributed by atoms with Crippen molar-refractivity contribution in [3.8, 4) is 6.07 Å². The first-order valence-corrected chi connectivity index (χ1v) is 5.63. The van der Waals surface area contributed by atoms with Gasteiger partial charge in [0.1, 0.15) is 0 Å². The highest BCUT2D eigenvalue weighted by atomic mass is 35.5. The van der Waals surface area contributed by atoms with E-state index in [1.807, 2.05) is 18.2 Å². The van der Waals surface area contributed by atoms with Crippen molar-refractivity contribution in [2.24, 2.45) is 0 Å². The molecule has 0 saturated heterocycles. The molecule has 14 heavy (non-hydrogen) atoms. The molecule has 0 unspecified atom stereocenters. The zero-order valence-electron chi connectivity index (χ0n) is 7.12. The molecule has 1 aromatic carbocycles. The second-order valence-corrected chi connectivity index (χ2v) is 4.86. The summed E-state index contributed by atoms with van der Waals surface area (Å²) in [4.78, 5) is 1.83. The molecular weight excluding hydrogens is 234 g/mol. The first-order chi connectivity index (χ1) is 6.72. The van der Waals surface area contributed by atoms with Crippen molar-refractivity contribution in [3.05, 3.63) is 28.1 Å². The summed E-state index contributed by atoms with van der Waals surface area (Å²) in [7, 11) is 0. The smallest absolute Gasteiger partial charge is 0.0717 e. The first-order valence-electron chi connectivity index (χ1n) is 3.99. The van der Waals surface area contributed by atoms with Crippen molar-refractivity contribution in [3.63, 3.8) is 0 Å². The van der Waals surface area contributed by atoms with Crippen LogP contribution in [0.5, 0.6) is 0 Å². The molecule has 0 atom stereocenters. The van der Waals surface area contributed by atoms with E-state index in [1.54, 1.807) is 11.3 Å². The van der Waals surface area contributed by atoms with Gasteiger partial charge in [-0.25, -0.2) is 0 Å². The molecule has 0 spiro atoms. The number of fused-ring (bicyclic) bond motifs is 1. The highest BCUT2D eigenvalue weighted by Crippen LogP contribution is 2.35. The van der Waals surface area contributed by atoms with Gasteiger partial charge in [-0.15, -0.1) is 24.0 Å². The van der Waals surface area contributed by atoms with Crippen molar-refractivity contribution < 1.29 is 0 Å². The Kier molecular flexibility index (Phi) is 2.69. The number of nitrogens with zero attached hydrogens (tertiary/aromatic N) is 1. The van der Waals surface area contributed by atoms with E-state index in [1.165, 1.54) is 0 Å². The summed E-state index contributed by atoms with van der Waals surface area (Å²) in [5, 5.41) is 10.3. The van der Waals surface area contributed by atoms with Crippen molar-refractivity contribution in [1.82, 2.24) is 0 Å². The third-order valence-electron chi connectivity index (χ3n) is 1.91. The minimum absolute atomic E-state index is 0.442. The fourth-order valence-electron chi connectivity index (χ4n) is 1.28. The van der Waals surface area contributed by atoms with Crippen LogP contribution in [0.4, 0.5) is 0 Å². The molecule has 1 aromatic heterocycles.